The Labute approximate surface area is 257 Å². The van der Waals surface area contributed by atoms with Crippen molar-refractivity contribution in [3.05, 3.63) is 48.5 Å². The molecule has 0 saturated carbocycles. The van der Waals surface area contributed by atoms with E-state index in [0.29, 0.717) is 0 Å². The van der Waals surface area contributed by atoms with Gasteiger partial charge in [-0.25, -0.2) is 25.3 Å². The smallest absolute Gasteiger partial charge is 0.744 e. The first-order valence-electron chi connectivity index (χ1n) is 9.36. The largest absolute Gasteiger partial charge is 1.00 e. The molecule has 13 nitrogen and oxygen atoms in total. The molecule has 0 bridgehead atoms. The number of methoxy groups -OCH3 is 1. The standard InChI is InChI=1S/C19H18N2O11S3.2Na/c1-31-17-7-6-12(33(23,24)9-8-32-35(28,29)30)10-15(17)20-21-16-11-18(34(25,26)27)13-4-2-3-5-14(13)19(16)22;;/h2-7,10-11,22H,8-9H2,1H3,(H,25,26,27)(H,28,29,30);;/q;2*+1/p-2. The van der Waals surface area contributed by atoms with Gasteiger partial charge in [0.05, 0.1) is 29.3 Å². The van der Waals surface area contributed by atoms with Crippen molar-refractivity contribution in [2.45, 2.75) is 9.79 Å². The van der Waals surface area contributed by atoms with Gasteiger partial charge in [0.15, 0.2) is 15.6 Å². The Hall–Kier alpha value is -1.15. The summed E-state index contributed by atoms with van der Waals surface area (Å²) in [7, 11) is -12.9. The van der Waals surface area contributed by atoms with E-state index >= 15 is 0 Å². The average molecular weight is 591 g/mol. The number of nitrogens with zero attached hydrogens (tertiary/aromatic N) is 2. The fraction of sp³-hybridized carbons (Fsp3) is 0.158. The zero-order valence-corrected chi connectivity index (χ0v) is 26.1. The maximum atomic E-state index is 12.5. The van der Waals surface area contributed by atoms with E-state index in [-0.39, 0.29) is 91.9 Å². The van der Waals surface area contributed by atoms with Gasteiger partial charge in [-0.15, -0.1) is 10.2 Å². The van der Waals surface area contributed by atoms with Gasteiger partial charge in [-0.2, -0.15) is 0 Å². The molecule has 0 aliphatic carbocycles. The molecule has 3 aromatic rings. The molecule has 0 amide bonds. The van der Waals surface area contributed by atoms with E-state index in [2.05, 4.69) is 14.4 Å². The van der Waals surface area contributed by atoms with Gasteiger partial charge in [-0.05, 0) is 24.3 Å². The van der Waals surface area contributed by atoms with E-state index in [1.807, 2.05) is 0 Å². The zero-order chi connectivity index (χ0) is 26.0. The molecule has 0 unspecified atom stereocenters. The zero-order valence-electron chi connectivity index (χ0n) is 19.7. The van der Waals surface area contributed by atoms with Gasteiger partial charge in [-0.3, -0.25) is 4.18 Å². The summed E-state index contributed by atoms with van der Waals surface area (Å²) >= 11 is 0. The summed E-state index contributed by atoms with van der Waals surface area (Å²) in [6.45, 7) is -0.908. The summed E-state index contributed by atoms with van der Waals surface area (Å²) in [5.74, 6) is -1.27. The number of ether oxygens (including phenoxy) is 1. The van der Waals surface area contributed by atoms with Crippen molar-refractivity contribution in [1.29, 1.82) is 0 Å². The summed E-state index contributed by atoms with van der Waals surface area (Å²) < 4.78 is 101. The molecule has 188 valence electrons. The van der Waals surface area contributed by atoms with Gasteiger partial charge in [0.25, 0.3) is 0 Å². The molecule has 0 heterocycles. The van der Waals surface area contributed by atoms with Crippen molar-refractivity contribution in [2.75, 3.05) is 19.5 Å². The molecule has 18 heteroatoms. The van der Waals surface area contributed by atoms with Crippen molar-refractivity contribution < 1.29 is 107 Å². The van der Waals surface area contributed by atoms with Gasteiger partial charge in [0.1, 0.15) is 27.2 Å². The number of phenols is 1. The van der Waals surface area contributed by atoms with Gasteiger partial charge in [0, 0.05) is 10.8 Å². The van der Waals surface area contributed by atoms with Crippen LogP contribution in [0.1, 0.15) is 0 Å². The Kier molecular flexibility index (Phi) is 12.2. The second-order valence-electron chi connectivity index (χ2n) is 6.82. The molecule has 37 heavy (non-hydrogen) atoms. The molecule has 0 radical (unpaired) electrons. The third-order valence-electron chi connectivity index (χ3n) is 4.58. The van der Waals surface area contributed by atoms with Gasteiger partial charge < -0.3 is 18.9 Å². The van der Waals surface area contributed by atoms with Crippen molar-refractivity contribution in [1.82, 2.24) is 0 Å². The third-order valence-corrected chi connectivity index (χ3v) is 7.59. The topological polar surface area (TPSA) is 212 Å². The van der Waals surface area contributed by atoms with Crippen molar-refractivity contribution in [3.63, 3.8) is 0 Å². The van der Waals surface area contributed by atoms with Crippen molar-refractivity contribution >= 4 is 52.5 Å². The molecule has 0 aromatic heterocycles. The Morgan fingerprint density at radius 1 is 0.865 bits per heavy atom. The number of hydrogen-bond acceptors (Lipinski definition) is 13. The Balaban J connectivity index is 0.00000342. The predicted octanol–water partition coefficient (Wildman–Crippen LogP) is -3.87. The molecule has 0 aliphatic heterocycles. The van der Waals surface area contributed by atoms with Gasteiger partial charge >= 0.3 is 59.1 Å². The summed E-state index contributed by atoms with van der Waals surface area (Å²) in [6.07, 6.45) is 0. The number of hydrogen-bond donors (Lipinski definition) is 1. The number of sulfone groups is 1. The fourth-order valence-electron chi connectivity index (χ4n) is 3.01. The molecular weight excluding hydrogens is 574 g/mol. The van der Waals surface area contributed by atoms with E-state index in [9.17, 15) is 39.5 Å². The molecule has 3 rings (SSSR count). The van der Waals surface area contributed by atoms with Crippen LogP contribution in [0.3, 0.4) is 0 Å². The van der Waals surface area contributed by atoms with Crippen LogP contribution < -0.4 is 63.9 Å². The fourth-order valence-corrected chi connectivity index (χ4v) is 5.21. The second kappa shape index (κ2) is 13.3. The van der Waals surface area contributed by atoms with E-state index in [4.69, 9.17) is 4.74 Å². The molecular formula is C19H16N2Na2O11S3. The number of phenolic OH excluding ortho intramolecular Hbond substituents is 1. The monoisotopic (exact) mass is 590 g/mol. The molecule has 1 N–H and O–H groups in total. The molecule has 3 aromatic carbocycles. The second-order valence-corrected chi connectivity index (χ2v) is 11.3. The van der Waals surface area contributed by atoms with Gasteiger partial charge in [0.2, 0.25) is 10.4 Å². The number of aromatic hydroxyl groups is 1. The summed E-state index contributed by atoms with van der Waals surface area (Å²) in [5, 5.41) is 18.1. The summed E-state index contributed by atoms with van der Waals surface area (Å²) in [5.41, 5.74) is -0.549. The van der Waals surface area contributed by atoms with Crippen molar-refractivity contribution in [3.8, 4) is 11.5 Å². The number of benzene rings is 3. The maximum absolute atomic E-state index is 12.5. The minimum Gasteiger partial charge on any atom is -0.744 e. The third kappa shape index (κ3) is 8.67. The SMILES string of the molecule is COc1ccc(S(=O)(=O)CCOS(=O)(=O)[O-])cc1N=Nc1cc(S(=O)(=O)[O-])c2ccccc2c1O.[Na+].[Na+]. The summed E-state index contributed by atoms with van der Waals surface area (Å²) in [4.78, 5) is -0.985. The normalized spacial score (nSPS) is 12.2. The van der Waals surface area contributed by atoms with Crippen LogP contribution in [0.4, 0.5) is 11.4 Å². The first kappa shape index (κ1) is 33.9. The number of azo groups is 1. The first-order chi connectivity index (χ1) is 16.2. The average Bonchev–Trinajstić information content (AvgIpc) is 2.76. The van der Waals surface area contributed by atoms with Crippen LogP contribution in [-0.2, 0) is 34.5 Å². The minimum absolute atomic E-state index is 0. The van der Waals surface area contributed by atoms with E-state index in [0.717, 1.165) is 18.2 Å². The van der Waals surface area contributed by atoms with E-state index < -0.39 is 53.4 Å². The molecule has 0 fully saturated rings. The van der Waals surface area contributed by atoms with Crippen LogP contribution in [-0.4, -0.2) is 58.9 Å². The van der Waals surface area contributed by atoms with Crippen LogP contribution in [0.2, 0.25) is 0 Å². The van der Waals surface area contributed by atoms with Crippen LogP contribution in [0, 0.1) is 0 Å². The van der Waals surface area contributed by atoms with Crippen LogP contribution in [0.25, 0.3) is 10.8 Å². The number of rotatable bonds is 9. The van der Waals surface area contributed by atoms with E-state index in [1.165, 1.54) is 37.4 Å². The van der Waals surface area contributed by atoms with Crippen LogP contribution in [0.5, 0.6) is 11.5 Å². The first-order valence-corrected chi connectivity index (χ1v) is 13.8. The molecule has 0 atom stereocenters. The van der Waals surface area contributed by atoms with Gasteiger partial charge in [-0.1, -0.05) is 24.3 Å². The number of fused-ring (bicyclic) bond motifs is 1. The Bertz CT molecular complexity index is 1640. The van der Waals surface area contributed by atoms with Crippen LogP contribution >= 0.6 is 0 Å². The molecule has 0 aliphatic rings. The van der Waals surface area contributed by atoms with Crippen LogP contribution in [0.15, 0.2) is 68.6 Å². The predicted molar refractivity (Wildman–Crippen MR) is 118 cm³/mol. The Morgan fingerprint density at radius 3 is 2.03 bits per heavy atom. The maximum Gasteiger partial charge on any atom is 1.00 e. The summed E-state index contributed by atoms with van der Waals surface area (Å²) in [6, 6.07) is 9.89. The quantitative estimate of drug-likeness (QED) is 0.110. The molecule has 0 spiro atoms. The minimum atomic E-state index is -5.08. The Morgan fingerprint density at radius 2 is 1.46 bits per heavy atom. The van der Waals surface area contributed by atoms with E-state index in [1.54, 1.807) is 0 Å². The van der Waals surface area contributed by atoms with Crippen molar-refractivity contribution in [2.24, 2.45) is 10.2 Å². The molecule has 0 saturated heterocycles.